The average molecular weight is 290 g/mol. The van der Waals surface area contributed by atoms with Gasteiger partial charge in [0.05, 0.1) is 0 Å². The van der Waals surface area contributed by atoms with Crippen molar-refractivity contribution in [1.29, 1.82) is 0 Å². The summed E-state index contributed by atoms with van der Waals surface area (Å²) in [7, 11) is 0. The highest BCUT2D eigenvalue weighted by Crippen LogP contribution is 2.33. The predicted octanol–water partition coefficient (Wildman–Crippen LogP) is 3.75. The van der Waals surface area contributed by atoms with Gasteiger partial charge in [-0.15, -0.1) is 0 Å². The standard InChI is InChI=1S/C17H30N4/c1-7-18-14-12(3)15(20-16(19-14)17(4,5)6)21(8-2)11-13-9-10-13/h13H,7-11H2,1-6H3,(H,18,19,20). The quantitative estimate of drug-likeness (QED) is 0.866. The molecule has 0 bridgehead atoms. The van der Waals surface area contributed by atoms with Crippen LogP contribution in [0.5, 0.6) is 0 Å². The van der Waals surface area contributed by atoms with Gasteiger partial charge in [0.25, 0.3) is 0 Å². The van der Waals surface area contributed by atoms with Crippen molar-refractivity contribution in [3.8, 4) is 0 Å². The van der Waals surface area contributed by atoms with Crippen molar-refractivity contribution in [3.63, 3.8) is 0 Å². The topological polar surface area (TPSA) is 41.1 Å². The first-order chi connectivity index (χ1) is 9.86. The summed E-state index contributed by atoms with van der Waals surface area (Å²) in [5.74, 6) is 3.88. The van der Waals surface area contributed by atoms with Crippen molar-refractivity contribution in [2.75, 3.05) is 29.9 Å². The Hall–Kier alpha value is -1.32. The summed E-state index contributed by atoms with van der Waals surface area (Å²) < 4.78 is 0. The van der Waals surface area contributed by atoms with E-state index in [1.807, 2.05) is 0 Å². The zero-order valence-corrected chi connectivity index (χ0v) is 14.5. The van der Waals surface area contributed by atoms with Gasteiger partial charge in [0.1, 0.15) is 17.5 Å². The van der Waals surface area contributed by atoms with Crippen LogP contribution in [0.15, 0.2) is 0 Å². The zero-order valence-electron chi connectivity index (χ0n) is 14.5. The molecule has 0 spiro atoms. The molecule has 0 amide bonds. The molecule has 4 nitrogen and oxygen atoms in total. The van der Waals surface area contributed by atoms with Crippen LogP contribution in [0, 0.1) is 12.8 Å². The number of nitrogens with zero attached hydrogens (tertiary/aromatic N) is 3. The first-order valence-corrected chi connectivity index (χ1v) is 8.24. The van der Waals surface area contributed by atoms with Gasteiger partial charge in [-0.1, -0.05) is 20.8 Å². The van der Waals surface area contributed by atoms with Crippen molar-refractivity contribution < 1.29 is 0 Å². The summed E-state index contributed by atoms with van der Waals surface area (Å²) >= 11 is 0. The molecular formula is C17H30N4. The Labute approximate surface area is 129 Å². The molecule has 21 heavy (non-hydrogen) atoms. The third-order valence-electron chi connectivity index (χ3n) is 3.99. The Balaban J connectivity index is 2.42. The number of hydrogen-bond donors (Lipinski definition) is 1. The van der Waals surface area contributed by atoms with Gasteiger partial charge < -0.3 is 10.2 Å². The van der Waals surface area contributed by atoms with Crippen molar-refractivity contribution in [2.45, 2.75) is 59.8 Å². The highest BCUT2D eigenvalue weighted by atomic mass is 15.2. The lowest BCUT2D eigenvalue weighted by Crippen LogP contribution is -2.29. The third-order valence-corrected chi connectivity index (χ3v) is 3.99. The molecule has 1 saturated carbocycles. The van der Waals surface area contributed by atoms with Crippen molar-refractivity contribution in [1.82, 2.24) is 9.97 Å². The lowest BCUT2D eigenvalue weighted by molar-refractivity contribution is 0.543. The summed E-state index contributed by atoms with van der Waals surface area (Å²) in [4.78, 5) is 12.1. The van der Waals surface area contributed by atoms with E-state index in [4.69, 9.17) is 9.97 Å². The highest BCUT2D eigenvalue weighted by Gasteiger charge is 2.27. The largest absolute Gasteiger partial charge is 0.370 e. The number of anilines is 2. The normalized spacial score (nSPS) is 15.1. The van der Waals surface area contributed by atoms with Gasteiger partial charge in [-0.2, -0.15) is 0 Å². The summed E-state index contributed by atoms with van der Waals surface area (Å²) in [6.07, 6.45) is 2.74. The maximum atomic E-state index is 4.91. The SMILES string of the molecule is CCNc1nc(C(C)(C)C)nc(N(CC)CC2CC2)c1C. The van der Waals surface area contributed by atoms with Gasteiger partial charge >= 0.3 is 0 Å². The molecule has 1 heterocycles. The summed E-state index contributed by atoms with van der Waals surface area (Å²) in [5, 5.41) is 3.40. The molecule has 0 atom stereocenters. The predicted molar refractivity (Wildman–Crippen MR) is 90.2 cm³/mol. The molecular weight excluding hydrogens is 260 g/mol. The van der Waals surface area contributed by atoms with E-state index in [1.54, 1.807) is 0 Å². The Morgan fingerprint density at radius 2 is 1.86 bits per heavy atom. The minimum Gasteiger partial charge on any atom is -0.370 e. The molecule has 1 fully saturated rings. The van der Waals surface area contributed by atoms with Crippen LogP contribution in [0.4, 0.5) is 11.6 Å². The van der Waals surface area contributed by atoms with Crippen LogP contribution >= 0.6 is 0 Å². The monoisotopic (exact) mass is 290 g/mol. The third kappa shape index (κ3) is 3.86. The van der Waals surface area contributed by atoms with Crippen molar-refractivity contribution in [2.24, 2.45) is 5.92 Å². The molecule has 1 aliphatic carbocycles. The lowest BCUT2D eigenvalue weighted by atomic mass is 9.95. The average Bonchev–Trinajstić information content (AvgIpc) is 3.21. The minimum absolute atomic E-state index is 0.0361. The second-order valence-corrected chi connectivity index (χ2v) is 7.11. The number of hydrogen-bond acceptors (Lipinski definition) is 4. The Morgan fingerprint density at radius 1 is 1.19 bits per heavy atom. The van der Waals surface area contributed by atoms with E-state index in [2.05, 4.69) is 51.8 Å². The van der Waals surface area contributed by atoms with Crippen LogP contribution in [-0.4, -0.2) is 29.6 Å². The van der Waals surface area contributed by atoms with E-state index in [0.717, 1.165) is 43.0 Å². The molecule has 0 saturated heterocycles. The van der Waals surface area contributed by atoms with Crippen LogP contribution in [0.1, 0.15) is 58.8 Å². The van der Waals surface area contributed by atoms with Crippen molar-refractivity contribution in [3.05, 3.63) is 11.4 Å². The van der Waals surface area contributed by atoms with E-state index in [-0.39, 0.29) is 5.41 Å². The van der Waals surface area contributed by atoms with Crippen LogP contribution in [-0.2, 0) is 5.41 Å². The summed E-state index contributed by atoms with van der Waals surface area (Å²) in [6.45, 7) is 16.0. The molecule has 118 valence electrons. The Morgan fingerprint density at radius 3 is 2.33 bits per heavy atom. The fourth-order valence-electron chi connectivity index (χ4n) is 2.47. The van der Waals surface area contributed by atoms with Gasteiger partial charge in [0.2, 0.25) is 0 Å². The molecule has 0 aromatic carbocycles. The van der Waals surface area contributed by atoms with Gasteiger partial charge in [0.15, 0.2) is 0 Å². The summed E-state index contributed by atoms with van der Waals surface area (Å²) in [6, 6.07) is 0. The maximum Gasteiger partial charge on any atom is 0.138 e. The highest BCUT2D eigenvalue weighted by molar-refractivity contribution is 5.59. The van der Waals surface area contributed by atoms with Crippen LogP contribution in [0.2, 0.25) is 0 Å². The minimum atomic E-state index is -0.0361. The molecule has 2 rings (SSSR count). The van der Waals surface area contributed by atoms with Gasteiger partial charge in [0, 0.05) is 30.6 Å². The second kappa shape index (κ2) is 6.20. The number of rotatable bonds is 6. The zero-order chi connectivity index (χ0) is 15.6. The van der Waals surface area contributed by atoms with E-state index < -0.39 is 0 Å². The van der Waals surface area contributed by atoms with Gasteiger partial charge in [-0.05, 0) is 39.5 Å². The molecule has 1 aromatic heterocycles. The van der Waals surface area contributed by atoms with E-state index in [0.29, 0.717) is 0 Å². The molecule has 1 aliphatic rings. The van der Waals surface area contributed by atoms with Gasteiger partial charge in [-0.25, -0.2) is 9.97 Å². The molecule has 0 unspecified atom stereocenters. The molecule has 1 aromatic rings. The Kier molecular flexibility index (Phi) is 4.74. The van der Waals surface area contributed by atoms with E-state index in [1.165, 1.54) is 18.4 Å². The Bertz CT molecular complexity index is 486. The fraction of sp³-hybridized carbons (Fsp3) is 0.765. The molecule has 4 heteroatoms. The van der Waals surface area contributed by atoms with Crippen molar-refractivity contribution >= 4 is 11.6 Å². The first-order valence-electron chi connectivity index (χ1n) is 8.24. The smallest absolute Gasteiger partial charge is 0.138 e. The van der Waals surface area contributed by atoms with Gasteiger partial charge in [-0.3, -0.25) is 0 Å². The second-order valence-electron chi connectivity index (χ2n) is 7.11. The first kappa shape index (κ1) is 16.1. The molecule has 0 aliphatic heterocycles. The number of nitrogens with one attached hydrogen (secondary N) is 1. The fourth-order valence-corrected chi connectivity index (χ4v) is 2.47. The van der Waals surface area contributed by atoms with E-state index in [9.17, 15) is 0 Å². The number of aromatic nitrogens is 2. The molecule has 0 radical (unpaired) electrons. The maximum absolute atomic E-state index is 4.91. The summed E-state index contributed by atoms with van der Waals surface area (Å²) in [5.41, 5.74) is 1.14. The van der Waals surface area contributed by atoms with E-state index >= 15 is 0 Å². The molecule has 1 N–H and O–H groups in total. The van der Waals surface area contributed by atoms with Crippen LogP contribution in [0.3, 0.4) is 0 Å². The lowest BCUT2D eigenvalue weighted by Gasteiger charge is -2.27. The van der Waals surface area contributed by atoms with Crippen LogP contribution in [0.25, 0.3) is 0 Å². The van der Waals surface area contributed by atoms with Crippen LogP contribution < -0.4 is 10.2 Å².